The summed E-state index contributed by atoms with van der Waals surface area (Å²) in [5, 5.41) is 10.8. The number of benzene rings is 2. The number of aliphatic hydroxyl groups is 1. The third-order valence-electron chi connectivity index (χ3n) is 5.62. The maximum atomic E-state index is 13.2. The van der Waals surface area contributed by atoms with E-state index in [1.165, 1.54) is 18.4 Å². The zero-order valence-electron chi connectivity index (χ0n) is 17.6. The molecule has 0 spiro atoms. The van der Waals surface area contributed by atoms with Crippen LogP contribution in [0, 0.1) is 5.82 Å². The van der Waals surface area contributed by atoms with Gasteiger partial charge in [-0.2, -0.15) is 0 Å². The maximum Gasteiger partial charge on any atom is 0.200 e. The number of ether oxygens (including phenoxy) is 1. The number of nitrogens with zero attached hydrogens (tertiary/aromatic N) is 2. The lowest BCUT2D eigenvalue weighted by molar-refractivity contribution is 0.0696. The molecule has 1 aliphatic rings. The van der Waals surface area contributed by atoms with Crippen LogP contribution in [0.5, 0.6) is 5.75 Å². The Balaban J connectivity index is 1.41. The van der Waals surface area contributed by atoms with E-state index in [1.807, 2.05) is 0 Å². The fourth-order valence-corrected chi connectivity index (χ4v) is 3.85. The second-order valence-corrected chi connectivity index (χ2v) is 8.07. The minimum atomic E-state index is -0.605. The van der Waals surface area contributed by atoms with Gasteiger partial charge in [-0.25, -0.2) is 4.39 Å². The van der Waals surface area contributed by atoms with Crippen molar-refractivity contribution in [2.24, 2.45) is 0 Å². The molecule has 3 aromatic rings. The molecule has 4 rings (SSSR count). The third-order valence-corrected chi connectivity index (χ3v) is 5.62. The fourth-order valence-electron chi connectivity index (χ4n) is 3.85. The van der Waals surface area contributed by atoms with Gasteiger partial charge in [0.25, 0.3) is 0 Å². The molecule has 1 atom stereocenters. The van der Waals surface area contributed by atoms with Crippen molar-refractivity contribution in [2.45, 2.75) is 12.5 Å². The van der Waals surface area contributed by atoms with Gasteiger partial charge in [0.2, 0.25) is 0 Å². The molecule has 0 radical (unpaired) electrons. The number of hydrogen-bond acceptors (Lipinski definition) is 6. The second-order valence-electron chi connectivity index (χ2n) is 8.07. The zero-order chi connectivity index (χ0) is 21.8. The van der Waals surface area contributed by atoms with Crippen LogP contribution in [0.15, 0.2) is 57.9 Å². The molecule has 0 bridgehead atoms. The topological polar surface area (TPSA) is 66.2 Å². The molecule has 0 amide bonds. The molecule has 7 heteroatoms. The Kier molecular flexibility index (Phi) is 6.65. The number of rotatable bonds is 6. The maximum absolute atomic E-state index is 13.2. The summed E-state index contributed by atoms with van der Waals surface area (Å²) in [5.74, 6) is 0.168. The van der Waals surface area contributed by atoms with Crippen molar-refractivity contribution in [1.82, 2.24) is 9.80 Å². The van der Waals surface area contributed by atoms with Crippen LogP contribution in [-0.4, -0.2) is 67.4 Å². The van der Waals surface area contributed by atoms with E-state index in [4.69, 9.17) is 9.15 Å². The number of likely N-dealkylation sites (N-methyl/N-ethyl adjacent to an activating group) is 1. The van der Waals surface area contributed by atoms with Gasteiger partial charge in [0.15, 0.2) is 5.43 Å². The third kappa shape index (κ3) is 5.31. The summed E-state index contributed by atoms with van der Waals surface area (Å²) in [4.78, 5) is 17.4. The van der Waals surface area contributed by atoms with Crippen LogP contribution < -0.4 is 10.2 Å². The lowest BCUT2D eigenvalue weighted by Crippen LogP contribution is -2.37. The molecule has 2 heterocycles. The van der Waals surface area contributed by atoms with Crippen LogP contribution in [0.3, 0.4) is 0 Å². The van der Waals surface area contributed by atoms with E-state index in [0.29, 0.717) is 34.4 Å². The Hall–Kier alpha value is -2.74. The van der Waals surface area contributed by atoms with Crippen LogP contribution in [0.4, 0.5) is 4.39 Å². The number of β-amino-alcohol motifs (C(OH)–C–C–N with tert-alkyl or cyclic N) is 1. The fraction of sp³-hybridized carbons (Fsp3) is 0.375. The van der Waals surface area contributed by atoms with Crippen LogP contribution in [0.25, 0.3) is 22.1 Å². The van der Waals surface area contributed by atoms with E-state index in [0.717, 1.165) is 32.6 Å². The Morgan fingerprint density at radius 1 is 1.13 bits per heavy atom. The first-order chi connectivity index (χ1) is 15.0. The highest BCUT2D eigenvalue weighted by atomic mass is 19.1. The predicted octanol–water partition coefficient (Wildman–Crippen LogP) is 2.98. The van der Waals surface area contributed by atoms with Gasteiger partial charge in [-0.3, -0.25) is 9.69 Å². The smallest absolute Gasteiger partial charge is 0.200 e. The molecule has 0 unspecified atom stereocenters. The SMILES string of the molecule is CN1CCCN(C[C@H](O)COc2ccc3c(=O)c(-c4ccc(F)cc4)coc3c2)CC1. The summed E-state index contributed by atoms with van der Waals surface area (Å²) in [6.45, 7) is 4.71. The van der Waals surface area contributed by atoms with Gasteiger partial charge in [-0.1, -0.05) is 12.1 Å². The second kappa shape index (κ2) is 9.60. The first kappa shape index (κ1) is 21.5. The standard InChI is InChI=1S/C24H27FN2O4/c1-26-9-2-10-27(12-11-26)14-19(28)15-30-20-7-8-21-23(13-20)31-16-22(24(21)29)17-3-5-18(25)6-4-17/h3-8,13,16,19,28H,2,9-12,14-15H2,1H3/t19-/m0/s1. The molecule has 0 saturated carbocycles. The summed E-state index contributed by atoms with van der Waals surface area (Å²) in [6, 6.07) is 10.7. The Labute approximate surface area is 180 Å². The minimum absolute atomic E-state index is 0.162. The molecular formula is C24H27FN2O4. The Morgan fingerprint density at radius 3 is 2.74 bits per heavy atom. The highest BCUT2D eigenvalue weighted by molar-refractivity contribution is 5.82. The monoisotopic (exact) mass is 426 g/mol. The predicted molar refractivity (Wildman–Crippen MR) is 118 cm³/mol. The summed E-state index contributed by atoms with van der Waals surface area (Å²) in [6.07, 6.45) is 1.87. The lowest BCUT2D eigenvalue weighted by Gasteiger charge is -2.23. The van der Waals surface area contributed by atoms with Gasteiger partial charge < -0.3 is 19.2 Å². The number of aliphatic hydroxyl groups excluding tert-OH is 1. The van der Waals surface area contributed by atoms with Crippen molar-refractivity contribution in [3.8, 4) is 16.9 Å². The van der Waals surface area contributed by atoms with Crippen LogP contribution >= 0.6 is 0 Å². The number of halogens is 1. The molecule has 164 valence electrons. The van der Waals surface area contributed by atoms with Crippen molar-refractivity contribution >= 4 is 11.0 Å². The highest BCUT2D eigenvalue weighted by Gasteiger charge is 2.16. The van der Waals surface area contributed by atoms with Gasteiger partial charge in [-0.05, 0) is 56.4 Å². The summed E-state index contributed by atoms with van der Waals surface area (Å²) in [7, 11) is 2.11. The molecule has 1 saturated heterocycles. The van der Waals surface area contributed by atoms with Crippen molar-refractivity contribution in [2.75, 3.05) is 46.4 Å². The summed E-state index contributed by atoms with van der Waals surface area (Å²) < 4.78 is 24.6. The molecule has 31 heavy (non-hydrogen) atoms. The van der Waals surface area contributed by atoms with Crippen molar-refractivity contribution < 1.29 is 18.7 Å². The van der Waals surface area contributed by atoms with Crippen molar-refractivity contribution in [3.63, 3.8) is 0 Å². The molecular weight excluding hydrogens is 399 g/mol. The van der Waals surface area contributed by atoms with E-state index in [-0.39, 0.29) is 17.9 Å². The van der Waals surface area contributed by atoms with Gasteiger partial charge >= 0.3 is 0 Å². The largest absolute Gasteiger partial charge is 0.491 e. The molecule has 0 aliphatic carbocycles. The number of hydrogen-bond donors (Lipinski definition) is 1. The van der Waals surface area contributed by atoms with E-state index < -0.39 is 6.10 Å². The highest BCUT2D eigenvalue weighted by Crippen LogP contribution is 2.23. The minimum Gasteiger partial charge on any atom is -0.491 e. The molecule has 1 aliphatic heterocycles. The Bertz CT molecular complexity index is 1080. The van der Waals surface area contributed by atoms with Crippen LogP contribution in [-0.2, 0) is 0 Å². The summed E-state index contributed by atoms with van der Waals surface area (Å²) in [5.41, 5.74) is 1.18. The van der Waals surface area contributed by atoms with Crippen LogP contribution in [0.2, 0.25) is 0 Å². The first-order valence-electron chi connectivity index (χ1n) is 10.5. The molecule has 1 aromatic heterocycles. The lowest BCUT2D eigenvalue weighted by atomic mass is 10.1. The van der Waals surface area contributed by atoms with Gasteiger partial charge in [-0.15, -0.1) is 0 Å². The van der Waals surface area contributed by atoms with Gasteiger partial charge in [0.1, 0.15) is 36.1 Å². The van der Waals surface area contributed by atoms with Gasteiger partial charge in [0.05, 0.1) is 10.9 Å². The Morgan fingerprint density at radius 2 is 1.94 bits per heavy atom. The molecule has 6 nitrogen and oxygen atoms in total. The quantitative estimate of drug-likeness (QED) is 0.654. The van der Waals surface area contributed by atoms with Crippen molar-refractivity contribution in [1.29, 1.82) is 0 Å². The van der Waals surface area contributed by atoms with Crippen molar-refractivity contribution in [3.05, 3.63) is 64.8 Å². The molecule has 1 N–H and O–H groups in total. The number of fused-ring (bicyclic) bond motifs is 1. The average Bonchev–Trinajstić information content (AvgIpc) is 2.97. The van der Waals surface area contributed by atoms with E-state index in [1.54, 1.807) is 30.3 Å². The average molecular weight is 426 g/mol. The van der Waals surface area contributed by atoms with E-state index in [9.17, 15) is 14.3 Å². The zero-order valence-corrected chi connectivity index (χ0v) is 17.6. The normalized spacial score (nSPS) is 16.9. The van der Waals surface area contributed by atoms with E-state index in [2.05, 4.69) is 16.8 Å². The van der Waals surface area contributed by atoms with Crippen LogP contribution in [0.1, 0.15) is 6.42 Å². The molecule has 1 fully saturated rings. The first-order valence-corrected chi connectivity index (χ1v) is 10.5. The van der Waals surface area contributed by atoms with E-state index >= 15 is 0 Å². The summed E-state index contributed by atoms with van der Waals surface area (Å²) >= 11 is 0. The molecule has 2 aromatic carbocycles. The van der Waals surface area contributed by atoms with Gasteiger partial charge in [0, 0.05) is 25.7 Å².